The van der Waals surface area contributed by atoms with Crippen LogP contribution in [0.2, 0.25) is 0 Å². The molecule has 4 aromatic heterocycles. The van der Waals surface area contributed by atoms with Crippen LogP contribution in [-0.2, 0) is 20.1 Å². The zero-order chi connectivity index (χ0) is 22.0. The Morgan fingerprint density at radius 3 is 1.35 bits per heavy atom. The van der Waals surface area contributed by atoms with Crippen LogP contribution in [0.3, 0.4) is 0 Å². The molecular formula is C26H18BIrN6. The van der Waals surface area contributed by atoms with Crippen molar-refractivity contribution in [2.24, 2.45) is 0 Å². The minimum absolute atomic E-state index is 0. The van der Waals surface area contributed by atoms with Gasteiger partial charge in [-0.2, -0.15) is 0 Å². The molecule has 164 valence electrons. The van der Waals surface area contributed by atoms with Crippen LogP contribution in [-0.4, -0.2) is 27.5 Å². The third-order valence-electron chi connectivity index (χ3n) is 5.64. The first-order valence-electron chi connectivity index (χ1n) is 10.6. The van der Waals surface area contributed by atoms with Crippen molar-refractivity contribution >= 4 is 30.6 Å². The SMILES string of the molecule is [B]1N(c2cc(-c3ccncc3)ccn2)c2ccccc2N1c1cc(-c2ccncc2)ccn1.[Ir]. The Hall–Kier alpha value is -3.87. The van der Waals surface area contributed by atoms with Gasteiger partial charge in [-0.25, -0.2) is 9.97 Å². The summed E-state index contributed by atoms with van der Waals surface area (Å²) < 4.78 is 0. The topological polar surface area (TPSA) is 58.0 Å². The number of rotatable bonds is 4. The molecule has 0 saturated carbocycles. The second kappa shape index (κ2) is 9.55. The third-order valence-corrected chi connectivity index (χ3v) is 5.64. The van der Waals surface area contributed by atoms with E-state index >= 15 is 0 Å². The molecule has 1 aliphatic heterocycles. The van der Waals surface area contributed by atoms with Crippen molar-refractivity contribution in [3.8, 4) is 22.3 Å². The molecule has 5 aromatic rings. The van der Waals surface area contributed by atoms with Crippen LogP contribution in [0.1, 0.15) is 0 Å². The van der Waals surface area contributed by atoms with Gasteiger partial charge < -0.3 is 9.62 Å². The Morgan fingerprint density at radius 1 is 0.500 bits per heavy atom. The minimum atomic E-state index is 0. The maximum atomic E-state index is 4.66. The molecule has 0 aliphatic carbocycles. The standard InChI is InChI=1S/C26H18BN6.Ir/c1-2-4-24-23(3-1)32(25-17-21(9-15-30-25)19-5-11-28-12-6-19)27-33(24)26-18-22(10-16-31-26)20-7-13-29-14-8-20;/h1-18H;. The summed E-state index contributed by atoms with van der Waals surface area (Å²) >= 11 is 0. The number of fused-ring (bicyclic) bond motifs is 1. The van der Waals surface area contributed by atoms with Crippen molar-refractivity contribution in [2.75, 3.05) is 9.62 Å². The largest absolute Gasteiger partial charge is 0.403 e. The van der Waals surface area contributed by atoms with Crippen molar-refractivity contribution in [2.45, 2.75) is 0 Å². The van der Waals surface area contributed by atoms with Crippen molar-refractivity contribution in [3.05, 3.63) is 110 Å². The van der Waals surface area contributed by atoms with E-state index in [4.69, 9.17) is 0 Å². The maximum Gasteiger partial charge on any atom is 0.403 e. The molecule has 0 N–H and O–H groups in total. The molecule has 1 aliphatic rings. The van der Waals surface area contributed by atoms with Crippen LogP contribution < -0.4 is 9.62 Å². The summed E-state index contributed by atoms with van der Waals surface area (Å²) in [6, 6.07) is 24.5. The maximum absolute atomic E-state index is 4.66. The number of benzene rings is 1. The van der Waals surface area contributed by atoms with Crippen molar-refractivity contribution < 1.29 is 20.1 Å². The molecule has 6 rings (SSSR count). The minimum Gasteiger partial charge on any atom is -0.351 e. The molecule has 5 heterocycles. The van der Waals surface area contributed by atoms with Gasteiger partial charge in [0.25, 0.3) is 0 Å². The number of hydrogen-bond donors (Lipinski definition) is 0. The van der Waals surface area contributed by atoms with Gasteiger partial charge in [-0.15, -0.1) is 0 Å². The number of nitrogens with zero attached hydrogens (tertiary/aromatic N) is 6. The average molecular weight is 618 g/mol. The van der Waals surface area contributed by atoms with Crippen LogP contribution >= 0.6 is 0 Å². The first-order valence-corrected chi connectivity index (χ1v) is 10.6. The van der Waals surface area contributed by atoms with E-state index < -0.39 is 0 Å². The zero-order valence-electron chi connectivity index (χ0n) is 18.0. The van der Waals surface area contributed by atoms with E-state index in [2.05, 4.69) is 53.8 Å². The molecule has 6 nitrogen and oxygen atoms in total. The molecule has 0 spiro atoms. The number of anilines is 4. The summed E-state index contributed by atoms with van der Waals surface area (Å²) in [5, 5.41) is 0. The van der Waals surface area contributed by atoms with Gasteiger partial charge in [-0.1, -0.05) is 12.1 Å². The van der Waals surface area contributed by atoms with Gasteiger partial charge in [0.1, 0.15) is 11.6 Å². The van der Waals surface area contributed by atoms with Crippen molar-refractivity contribution in [1.82, 2.24) is 19.9 Å². The number of pyridine rings is 4. The van der Waals surface area contributed by atoms with E-state index in [1.54, 1.807) is 24.8 Å². The molecular weight excluding hydrogens is 599 g/mol. The van der Waals surface area contributed by atoms with Gasteiger partial charge in [-0.05, 0) is 82.9 Å². The number of hydrogen-bond acceptors (Lipinski definition) is 6. The molecule has 0 atom stereocenters. The van der Waals surface area contributed by atoms with Gasteiger partial charge in [-0.3, -0.25) is 9.97 Å². The van der Waals surface area contributed by atoms with E-state index in [-0.39, 0.29) is 20.1 Å². The molecule has 0 fully saturated rings. The Labute approximate surface area is 212 Å². The Kier molecular flexibility index (Phi) is 6.17. The van der Waals surface area contributed by atoms with Gasteiger partial charge in [0.2, 0.25) is 0 Å². The quantitative estimate of drug-likeness (QED) is 0.251. The van der Waals surface area contributed by atoms with Gasteiger partial charge >= 0.3 is 7.55 Å². The van der Waals surface area contributed by atoms with Crippen LogP contribution in [0.5, 0.6) is 0 Å². The van der Waals surface area contributed by atoms with Crippen LogP contribution in [0.25, 0.3) is 22.3 Å². The van der Waals surface area contributed by atoms with Crippen LogP contribution in [0.15, 0.2) is 110 Å². The Balaban J connectivity index is 0.00000241. The zero-order valence-corrected chi connectivity index (χ0v) is 20.4. The van der Waals surface area contributed by atoms with Gasteiger partial charge in [0, 0.05) is 57.3 Å². The summed E-state index contributed by atoms with van der Waals surface area (Å²) in [6.45, 7) is 0. The number of para-hydroxylation sites is 2. The number of aromatic nitrogens is 4. The van der Waals surface area contributed by atoms with E-state index in [0.717, 1.165) is 45.3 Å². The smallest absolute Gasteiger partial charge is 0.351 e. The normalized spacial score (nSPS) is 12.0. The summed E-state index contributed by atoms with van der Waals surface area (Å²) in [5.74, 6) is 1.68. The summed E-state index contributed by atoms with van der Waals surface area (Å²) in [7, 11) is 2.04. The molecule has 0 saturated heterocycles. The van der Waals surface area contributed by atoms with E-state index in [1.165, 1.54) is 0 Å². The fraction of sp³-hybridized carbons (Fsp3) is 0. The second-order valence-corrected chi connectivity index (χ2v) is 7.62. The molecule has 0 bridgehead atoms. The summed E-state index contributed by atoms with van der Waals surface area (Å²) in [5.41, 5.74) is 6.48. The average Bonchev–Trinajstić information content (AvgIpc) is 3.30. The molecule has 2 radical (unpaired) electrons. The van der Waals surface area contributed by atoms with Crippen molar-refractivity contribution in [3.63, 3.8) is 0 Å². The Bertz CT molecular complexity index is 1310. The summed E-state index contributed by atoms with van der Waals surface area (Å²) in [6.07, 6.45) is 10.9. The van der Waals surface area contributed by atoms with E-state index in [1.807, 2.05) is 68.5 Å². The third kappa shape index (κ3) is 4.09. The Morgan fingerprint density at radius 2 is 0.912 bits per heavy atom. The fourth-order valence-corrected chi connectivity index (χ4v) is 4.02. The molecule has 0 unspecified atom stereocenters. The first kappa shape index (κ1) is 22.0. The van der Waals surface area contributed by atoms with Crippen molar-refractivity contribution in [1.29, 1.82) is 0 Å². The first-order chi connectivity index (χ1) is 16.4. The van der Waals surface area contributed by atoms with E-state index in [0.29, 0.717) is 0 Å². The summed E-state index contributed by atoms with van der Waals surface area (Å²) in [4.78, 5) is 21.8. The fourth-order valence-electron chi connectivity index (χ4n) is 4.02. The monoisotopic (exact) mass is 618 g/mol. The van der Waals surface area contributed by atoms with E-state index in [9.17, 15) is 0 Å². The van der Waals surface area contributed by atoms with Crippen LogP contribution in [0.4, 0.5) is 23.0 Å². The van der Waals surface area contributed by atoms with Gasteiger partial charge in [0.05, 0.1) is 11.4 Å². The predicted octanol–water partition coefficient (Wildman–Crippen LogP) is 5.42. The second-order valence-electron chi connectivity index (χ2n) is 7.62. The van der Waals surface area contributed by atoms with Crippen LogP contribution in [0, 0.1) is 0 Å². The molecule has 34 heavy (non-hydrogen) atoms. The van der Waals surface area contributed by atoms with Gasteiger partial charge in [0.15, 0.2) is 0 Å². The molecule has 8 heteroatoms. The predicted molar refractivity (Wildman–Crippen MR) is 131 cm³/mol. The molecule has 0 amide bonds. The molecule has 1 aromatic carbocycles.